The first-order valence-electron chi connectivity index (χ1n) is 10.0. The monoisotopic (exact) mass is 481 g/mol. The third-order valence-corrected chi connectivity index (χ3v) is 7.62. The molecular weight excluding hydrogens is 462 g/mol. The van der Waals surface area contributed by atoms with E-state index in [1.54, 1.807) is 22.7 Å². The van der Waals surface area contributed by atoms with Crippen LogP contribution in [0.25, 0.3) is 31.7 Å². The molecule has 32 heavy (non-hydrogen) atoms. The molecule has 4 aromatic heterocycles. The van der Waals surface area contributed by atoms with E-state index in [1.165, 1.54) is 11.8 Å². The number of furan rings is 1. The lowest BCUT2D eigenvalue weighted by molar-refractivity contribution is -0.118. The molecule has 10 heteroatoms. The zero-order valence-corrected chi connectivity index (χ0v) is 19.6. The highest BCUT2D eigenvalue weighted by Crippen LogP contribution is 2.31. The Labute approximate surface area is 196 Å². The molecule has 0 bridgehead atoms. The topological polar surface area (TPSA) is 85.8 Å². The van der Waals surface area contributed by atoms with Crippen LogP contribution in [-0.2, 0) is 17.9 Å². The standard InChI is InChI=1S/C22H19N5O2S3/c1-2-27-20(18-8-5-11-30-18)25-26-22(27)31-13-19(28)23-12-14-9-10-16(29-14)21-24-15-6-3-4-7-17(15)32-21/h3-11H,2,12-13H2,1H3,(H,23,28). The van der Waals surface area contributed by atoms with Crippen LogP contribution in [0.5, 0.6) is 0 Å². The number of carbonyl (C=O) groups excluding carboxylic acids is 1. The van der Waals surface area contributed by atoms with Crippen LogP contribution in [0.15, 0.2) is 63.5 Å². The SMILES string of the molecule is CCn1c(SCC(=O)NCc2ccc(-c3nc4ccccc4s3)o2)nnc1-c1cccs1. The minimum atomic E-state index is -0.0868. The number of nitrogens with zero attached hydrogens (tertiary/aromatic N) is 4. The number of thioether (sulfide) groups is 1. The highest BCUT2D eigenvalue weighted by molar-refractivity contribution is 7.99. The van der Waals surface area contributed by atoms with Gasteiger partial charge < -0.3 is 14.3 Å². The minimum Gasteiger partial charge on any atom is -0.457 e. The van der Waals surface area contributed by atoms with Gasteiger partial charge in [0.25, 0.3) is 0 Å². The van der Waals surface area contributed by atoms with Crippen molar-refractivity contribution in [2.75, 3.05) is 5.75 Å². The van der Waals surface area contributed by atoms with Crippen LogP contribution < -0.4 is 5.32 Å². The van der Waals surface area contributed by atoms with Gasteiger partial charge >= 0.3 is 0 Å². The summed E-state index contributed by atoms with van der Waals surface area (Å²) in [7, 11) is 0. The maximum Gasteiger partial charge on any atom is 0.230 e. The highest BCUT2D eigenvalue weighted by Gasteiger charge is 2.16. The van der Waals surface area contributed by atoms with E-state index < -0.39 is 0 Å². The van der Waals surface area contributed by atoms with Crippen LogP contribution in [0.4, 0.5) is 0 Å². The Hall–Kier alpha value is -2.95. The first-order chi connectivity index (χ1) is 15.7. The van der Waals surface area contributed by atoms with Gasteiger partial charge in [0.15, 0.2) is 21.7 Å². The van der Waals surface area contributed by atoms with Gasteiger partial charge in [-0.05, 0) is 42.6 Å². The van der Waals surface area contributed by atoms with Gasteiger partial charge in [0.1, 0.15) is 5.76 Å². The average molecular weight is 482 g/mol. The Morgan fingerprint density at radius 1 is 1.16 bits per heavy atom. The van der Waals surface area contributed by atoms with Crippen LogP contribution >= 0.6 is 34.4 Å². The van der Waals surface area contributed by atoms with Gasteiger partial charge in [-0.25, -0.2) is 4.98 Å². The molecule has 0 spiro atoms. The number of rotatable bonds is 8. The third kappa shape index (κ3) is 4.34. The summed E-state index contributed by atoms with van der Waals surface area (Å²) in [6, 6.07) is 15.8. The second kappa shape index (κ2) is 9.27. The second-order valence-corrected chi connectivity index (χ2v) is 9.77. The fourth-order valence-corrected chi connectivity index (χ4v) is 5.68. The maximum absolute atomic E-state index is 12.4. The lowest BCUT2D eigenvalue weighted by Gasteiger charge is -2.06. The first-order valence-corrected chi connectivity index (χ1v) is 12.7. The molecule has 0 radical (unpaired) electrons. The van der Waals surface area contributed by atoms with Gasteiger partial charge in [0, 0.05) is 6.54 Å². The number of fused-ring (bicyclic) bond motifs is 1. The summed E-state index contributed by atoms with van der Waals surface area (Å²) in [5, 5.41) is 15.1. The van der Waals surface area contributed by atoms with E-state index in [9.17, 15) is 4.79 Å². The molecule has 0 saturated heterocycles. The molecule has 5 rings (SSSR count). The Bertz CT molecular complexity index is 1320. The van der Waals surface area contributed by atoms with Crippen LogP contribution in [-0.4, -0.2) is 31.4 Å². The van der Waals surface area contributed by atoms with Crippen LogP contribution in [0.1, 0.15) is 12.7 Å². The number of nitrogens with one attached hydrogen (secondary N) is 1. The Kier molecular flexibility index (Phi) is 6.06. The number of amides is 1. The largest absolute Gasteiger partial charge is 0.457 e. The number of hydrogen-bond acceptors (Lipinski definition) is 8. The average Bonchev–Trinajstić information content (AvgIpc) is 3.60. The molecule has 5 aromatic rings. The molecule has 7 nitrogen and oxygen atoms in total. The summed E-state index contributed by atoms with van der Waals surface area (Å²) < 4.78 is 9.04. The van der Waals surface area contributed by atoms with Crippen molar-refractivity contribution in [3.63, 3.8) is 0 Å². The van der Waals surface area contributed by atoms with E-state index in [0.29, 0.717) is 18.1 Å². The van der Waals surface area contributed by atoms with E-state index in [0.717, 1.165) is 37.6 Å². The number of benzene rings is 1. The molecule has 1 N–H and O–H groups in total. The Morgan fingerprint density at radius 3 is 2.88 bits per heavy atom. The Balaban J connectivity index is 1.17. The molecule has 0 aliphatic rings. The third-order valence-electron chi connectivity index (χ3n) is 4.73. The summed E-state index contributed by atoms with van der Waals surface area (Å²) in [6.45, 7) is 3.11. The minimum absolute atomic E-state index is 0.0868. The van der Waals surface area contributed by atoms with Crippen molar-refractivity contribution in [1.29, 1.82) is 0 Å². The number of aromatic nitrogens is 4. The van der Waals surface area contributed by atoms with Crippen LogP contribution in [0.2, 0.25) is 0 Å². The zero-order chi connectivity index (χ0) is 21.9. The molecule has 0 fully saturated rings. The molecule has 0 aliphatic heterocycles. The van der Waals surface area contributed by atoms with Gasteiger partial charge in [0.2, 0.25) is 5.91 Å². The van der Waals surface area contributed by atoms with Crippen molar-refractivity contribution < 1.29 is 9.21 Å². The van der Waals surface area contributed by atoms with Gasteiger partial charge in [-0.15, -0.1) is 32.9 Å². The molecule has 0 aliphatic carbocycles. The summed E-state index contributed by atoms with van der Waals surface area (Å²) in [5.41, 5.74) is 0.956. The number of thiazole rings is 1. The number of carbonyl (C=O) groups is 1. The number of para-hydroxylation sites is 1. The van der Waals surface area contributed by atoms with Crippen molar-refractivity contribution in [1.82, 2.24) is 25.1 Å². The van der Waals surface area contributed by atoms with Crippen molar-refractivity contribution in [3.8, 4) is 21.5 Å². The molecule has 0 saturated carbocycles. The summed E-state index contributed by atoms with van der Waals surface area (Å²) in [4.78, 5) is 18.1. The fraction of sp³-hybridized carbons (Fsp3) is 0.182. The number of thiophene rings is 1. The number of hydrogen-bond donors (Lipinski definition) is 1. The van der Waals surface area contributed by atoms with E-state index in [-0.39, 0.29) is 11.7 Å². The van der Waals surface area contributed by atoms with Crippen molar-refractivity contribution in [3.05, 3.63) is 59.7 Å². The second-order valence-electron chi connectivity index (χ2n) is 6.85. The predicted molar refractivity (Wildman–Crippen MR) is 129 cm³/mol. The zero-order valence-electron chi connectivity index (χ0n) is 17.1. The van der Waals surface area contributed by atoms with Crippen molar-refractivity contribution in [2.24, 2.45) is 0 Å². The summed E-state index contributed by atoms with van der Waals surface area (Å²) >= 11 is 4.59. The normalized spacial score (nSPS) is 11.3. The summed E-state index contributed by atoms with van der Waals surface area (Å²) in [6.07, 6.45) is 0. The van der Waals surface area contributed by atoms with Gasteiger partial charge in [0.05, 0.1) is 27.4 Å². The smallest absolute Gasteiger partial charge is 0.230 e. The van der Waals surface area contributed by atoms with E-state index in [1.807, 2.05) is 65.4 Å². The van der Waals surface area contributed by atoms with E-state index in [2.05, 4.69) is 20.5 Å². The lowest BCUT2D eigenvalue weighted by atomic mass is 10.3. The van der Waals surface area contributed by atoms with Crippen LogP contribution in [0, 0.1) is 0 Å². The quantitative estimate of drug-likeness (QED) is 0.303. The molecule has 4 heterocycles. The molecular formula is C22H19N5O2S3. The molecule has 1 amide bonds. The van der Waals surface area contributed by atoms with Crippen molar-refractivity contribution >= 4 is 50.6 Å². The maximum atomic E-state index is 12.4. The fourth-order valence-electron chi connectivity index (χ4n) is 3.20. The Morgan fingerprint density at radius 2 is 2.06 bits per heavy atom. The lowest BCUT2D eigenvalue weighted by Crippen LogP contribution is -2.24. The van der Waals surface area contributed by atoms with E-state index in [4.69, 9.17) is 4.42 Å². The van der Waals surface area contributed by atoms with Gasteiger partial charge in [-0.2, -0.15) is 0 Å². The van der Waals surface area contributed by atoms with Crippen LogP contribution in [0.3, 0.4) is 0 Å². The molecule has 0 unspecified atom stereocenters. The summed E-state index contributed by atoms with van der Waals surface area (Å²) in [5.74, 6) is 2.41. The first kappa shape index (κ1) is 20.9. The van der Waals surface area contributed by atoms with Gasteiger partial charge in [-0.3, -0.25) is 4.79 Å². The molecule has 1 aromatic carbocycles. The molecule has 162 valence electrons. The van der Waals surface area contributed by atoms with Gasteiger partial charge in [-0.1, -0.05) is 30.0 Å². The highest BCUT2D eigenvalue weighted by atomic mass is 32.2. The van der Waals surface area contributed by atoms with Crippen molar-refractivity contribution in [2.45, 2.75) is 25.2 Å². The predicted octanol–water partition coefficient (Wildman–Crippen LogP) is 5.30. The molecule has 0 atom stereocenters. The van der Waals surface area contributed by atoms with E-state index >= 15 is 0 Å².